The third-order valence-electron chi connectivity index (χ3n) is 4.94. The molecular formula is C26H34O5. The van der Waals surface area contributed by atoms with Crippen molar-refractivity contribution >= 4 is 11.8 Å². The fraction of sp³-hybridized carbons (Fsp3) is 0.462. The number of aliphatic carboxylic acids is 1. The lowest BCUT2D eigenvalue weighted by Gasteiger charge is -2.22. The van der Waals surface area contributed by atoms with Crippen molar-refractivity contribution in [3.05, 3.63) is 58.7 Å². The van der Waals surface area contributed by atoms with E-state index in [1.54, 1.807) is 24.3 Å². The first kappa shape index (κ1) is 24.4. The van der Waals surface area contributed by atoms with Crippen molar-refractivity contribution in [3.8, 4) is 11.5 Å². The molecule has 0 aliphatic heterocycles. The van der Waals surface area contributed by atoms with Gasteiger partial charge in [-0.25, -0.2) is 4.79 Å². The highest BCUT2D eigenvalue weighted by Gasteiger charge is 2.25. The molecule has 2 aromatic carbocycles. The second-order valence-electron chi connectivity index (χ2n) is 7.97. The number of ketones is 1. The first-order chi connectivity index (χ1) is 14.8. The predicted octanol–water partition coefficient (Wildman–Crippen LogP) is 6.18. The molecule has 5 heteroatoms. The maximum absolute atomic E-state index is 12.4. The molecule has 2 aromatic rings. The van der Waals surface area contributed by atoms with Gasteiger partial charge in [-0.05, 0) is 62.1 Å². The number of carbonyl (C=O) groups is 2. The maximum atomic E-state index is 12.4. The van der Waals surface area contributed by atoms with Crippen molar-refractivity contribution in [1.29, 1.82) is 0 Å². The van der Waals surface area contributed by atoms with E-state index in [9.17, 15) is 14.7 Å². The van der Waals surface area contributed by atoms with Crippen LogP contribution in [0.15, 0.2) is 36.4 Å². The number of ether oxygens (including phenoxy) is 2. The highest BCUT2D eigenvalue weighted by atomic mass is 16.5. The molecule has 1 atom stereocenters. The van der Waals surface area contributed by atoms with E-state index in [2.05, 4.69) is 13.8 Å². The Morgan fingerprint density at radius 1 is 0.903 bits per heavy atom. The minimum Gasteiger partial charge on any atom is -0.491 e. The molecule has 0 saturated carbocycles. The molecule has 5 nitrogen and oxygen atoms in total. The monoisotopic (exact) mass is 426 g/mol. The molecule has 0 unspecified atom stereocenters. The Morgan fingerprint density at radius 3 is 1.87 bits per heavy atom. The van der Waals surface area contributed by atoms with Crippen LogP contribution in [0.2, 0.25) is 0 Å². The summed E-state index contributed by atoms with van der Waals surface area (Å²) in [6.45, 7) is 9.83. The number of carbonyl (C=O) groups excluding carboxylic acids is 1. The van der Waals surface area contributed by atoms with Gasteiger partial charge in [-0.15, -0.1) is 0 Å². The van der Waals surface area contributed by atoms with E-state index < -0.39 is 12.1 Å². The molecule has 2 rings (SSSR count). The normalized spacial score (nSPS) is 11.9. The third kappa shape index (κ3) is 6.58. The van der Waals surface area contributed by atoms with Gasteiger partial charge in [-0.3, -0.25) is 4.79 Å². The molecule has 0 fully saturated rings. The summed E-state index contributed by atoms with van der Waals surface area (Å²) in [5, 5.41) is 9.91. The molecule has 0 aliphatic rings. The summed E-state index contributed by atoms with van der Waals surface area (Å²) in [6, 6.07) is 10.7. The largest absolute Gasteiger partial charge is 0.491 e. The molecule has 1 N–H and O–H groups in total. The molecule has 0 bridgehead atoms. The van der Waals surface area contributed by atoms with Crippen LogP contribution in [0, 0.1) is 0 Å². The standard InChI is InChI=1S/C26H34O5/c1-6-9-19-15-21(23(27)8-3)16-20(10-7-2)24(19)31-25(26(28)29)18-11-13-22(14-12-18)30-17(4)5/h11-17,25H,6-10H2,1-5H3,(H,28,29)/t25-/m0/s1. The van der Waals surface area contributed by atoms with Gasteiger partial charge in [0.15, 0.2) is 5.78 Å². The van der Waals surface area contributed by atoms with E-state index in [1.807, 2.05) is 32.9 Å². The van der Waals surface area contributed by atoms with Crippen LogP contribution in [0.1, 0.15) is 87.0 Å². The second kappa shape index (κ2) is 11.5. The molecular weight excluding hydrogens is 392 g/mol. The van der Waals surface area contributed by atoms with Crippen LogP contribution >= 0.6 is 0 Å². The SMILES string of the molecule is CCCc1cc(C(=O)CC)cc(CCC)c1O[C@H](C(=O)O)c1ccc(OC(C)C)cc1. The zero-order chi connectivity index (χ0) is 23.0. The summed E-state index contributed by atoms with van der Waals surface area (Å²) < 4.78 is 11.8. The molecule has 0 aromatic heterocycles. The van der Waals surface area contributed by atoms with Crippen molar-refractivity contribution in [3.63, 3.8) is 0 Å². The van der Waals surface area contributed by atoms with Gasteiger partial charge < -0.3 is 14.6 Å². The summed E-state index contributed by atoms with van der Waals surface area (Å²) in [4.78, 5) is 24.5. The lowest BCUT2D eigenvalue weighted by Crippen LogP contribution is -2.20. The smallest absolute Gasteiger partial charge is 0.349 e. The molecule has 31 heavy (non-hydrogen) atoms. The number of aryl methyl sites for hydroxylation is 2. The summed E-state index contributed by atoms with van der Waals surface area (Å²) >= 11 is 0. The van der Waals surface area contributed by atoms with E-state index >= 15 is 0 Å². The fourth-order valence-corrected chi connectivity index (χ4v) is 3.55. The number of carboxylic acids is 1. The van der Waals surface area contributed by atoms with Crippen molar-refractivity contribution < 1.29 is 24.2 Å². The lowest BCUT2D eigenvalue weighted by molar-refractivity contribution is -0.145. The minimum absolute atomic E-state index is 0.0370. The molecule has 0 radical (unpaired) electrons. The third-order valence-corrected chi connectivity index (χ3v) is 4.94. The van der Waals surface area contributed by atoms with Gasteiger partial charge in [0.1, 0.15) is 11.5 Å². The van der Waals surface area contributed by atoms with Gasteiger partial charge in [0, 0.05) is 17.5 Å². The Balaban J connectivity index is 2.48. The van der Waals surface area contributed by atoms with Gasteiger partial charge in [0.2, 0.25) is 6.10 Å². The van der Waals surface area contributed by atoms with Crippen LogP contribution in [-0.2, 0) is 17.6 Å². The van der Waals surface area contributed by atoms with Gasteiger partial charge in [-0.1, -0.05) is 45.7 Å². The Bertz CT molecular complexity index is 856. The van der Waals surface area contributed by atoms with Gasteiger partial charge in [0.05, 0.1) is 6.10 Å². The number of carboxylic acid groups (broad SMARTS) is 1. The Morgan fingerprint density at radius 2 is 1.45 bits per heavy atom. The van der Waals surface area contributed by atoms with Crippen LogP contribution < -0.4 is 9.47 Å². The van der Waals surface area contributed by atoms with Gasteiger partial charge >= 0.3 is 5.97 Å². The number of rotatable bonds is 12. The van der Waals surface area contributed by atoms with E-state index in [0.29, 0.717) is 41.9 Å². The zero-order valence-corrected chi connectivity index (χ0v) is 19.2. The van der Waals surface area contributed by atoms with Crippen LogP contribution in [0.5, 0.6) is 11.5 Å². The number of hydrogen-bond donors (Lipinski definition) is 1. The van der Waals surface area contributed by atoms with Crippen molar-refractivity contribution in [2.24, 2.45) is 0 Å². The Labute approximate surface area is 185 Å². The van der Waals surface area contributed by atoms with Crippen LogP contribution in [0.4, 0.5) is 0 Å². The number of Topliss-reactive ketones (excluding diaryl/α,β-unsaturated/α-hetero) is 1. The summed E-state index contributed by atoms with van der Waals surface area (Å²) in [6.07, 6.45) is 2.48. The molecule has 0 spiro atoms. The first-order valence-electron chi connectivity index (χ1n) is 11.2. The maximum Gasteiger partial charge on any atom is 0.349 e. The molecule has 0 heterocycles. The number of benzene rings is 2. The van der Waals surface area contributed by atoms with Gasteiger partial charge in [-0.2, -0.15) is 0 Å². The Hall–Kier alpha value is -2.82. The van der Waals surface area contributed by atoms with Crippen molar-refractivity contribution in [2.45, 2.75) is 78.9 Å². The van der Waals surface area contributed by atoms with Crippen molar-refractivity contribution in [2.75, 3.05) is 0 Å². The quantitative estimate of drug-likeness (QED) is 0.411. The zero-order valence-electron chi connectivity index (χ0n) is 19.2. The summed E-state index contributed by atoms with van der Waals surface area (Å²) in [5.74, 6) is 0.294. The van der Waals surface area contributed by atoms with Crippen LogP contribution in [-0.4, -0.2) is 23.0 Å². The fourth-order valence-electron chi connectivity index (χ4n) is 3.55. The minimum atomic E-state index is -1.15. The van der Waals surface area contributed by atoms with E-state index in [0.717, 1.165) is 24.0 Å². The van der Waals surface area contributed by atoms with Crippen molar-refractivity contribution in [1.82, 2.24) is 0 Å². The average Bonchev–Trinajstić information content (AvgIpc) is 2.73. The molecule has 168 valence electrons. The molecule has 0 saturated heterocycles. The van der Waals surface area contributed by atoms with E-state index in [1.165, 1.54) is 0 Å². The number of hydrogen-bond acceptors (Lipinski definition) is 4. The van der Waals surface area contributed by atoms with E-state index in [-0.39, 0.29) is 11.9 Å². The summed E-state index contributed by atoms with van der Waals surface area (Å²) in [7, 11) is 0. The lowest BCUT2D eigenvalue weighted by atomic mass is 9.95. The summed E-state index contributed by atoms with van der Waals surface area (Å²) in [5.41, 5.74) is 2.98. The average molecular weight is 427 g/mol. The second-order valence-corrected chi connectivity index (χ2v) is 7.97. The first-order valence-corrected chi connectivity index (χ1v) is 11.2. The van der Waals surface area contributed by atoms with Crippen LogP contribution in [0.25, 0.3) is 0 Å². The topological polar surface area (TPSA) is 72.8 Å². The molecule has 0 amide bonds. The van der Waals surface area contributed by atoms with Gasteiger partial charge in [0.25, 0.3) is 0 Å². The van der Waals surface area contributed by atoms with E-state index in [4.69, 9.17) is 9.47 Å². The highest BCUT2D eigenvalue weighted by molar-refractivity contribution is 5.96. The molecule has 0 aliphatic carbocycles. The Kier molecular flexibility index (Phi) is 9.10. The highest BCUT2D eigenvalue weighted by Crippen LogP contribution is 2.34. The van der Waals surface area contributed by atoms with Crippen LogP contribution in [0.3, 0.4) is 0 Å². The predicted molar refractivity (Wildman–Crippen MR) is 122 cm³/mol.